The van der Waals surface area contributed by atoms with E-state index >= 15 is 0 Å². The van der Waals surface area contributed by atoms with E-state index in [4.69, 9.17) is 5.73 Å². The van der Waals surface area contributed by atoms with E-state index in [-0.39, 0.29) is 24.4 Å². The van der Waals surface area contributed by atoms with E-state index in [0.717, 1.165) is 17.7 Å². The van der Waals surface area contributed by atoms with Crippen LogP contribution in [0.25, 0.3) is 0 Å². The summed E-state index contributed by atoms with van der Waals surface area (Å²) in [6.07, 6.45) is 0.753. The lowest BCUT2D eigenvalue weighted by molar-refractivity contribution is -0.121. The van der Waals surface area contributed by atoms with Gasteiger partial charge >= 0.3 is 6.03 Å². The number of hydrogen-bond acceptors (Lipinski definition) is 3. The van der Waals surface area contributed by atoms with E-state index in [1.165, 1.54) is 0 Å². The van der Waals surface area contributed by atoms with Crippen LogP contribution in [0.15, 0.2) is 48.5 Å². The highest BCUT2D eigenvalue weighted by molar-refractivity contribution is 5.99. The Morgan fingerprint density at radius 1 is 1.21 bits per heavy atom. The smallest absolute Gasteiger partial charge is 0.318 e. The van der Waals surface area contributed by atoms with Crippen LogP contribution in [0.3, 0.4) is 0 Å². The summed E-state index contributed by atoms with van der Waals surface area (Å²) in [7, 11) is 0. The Labute approximate surface area is 170 Å². The SMILES string of the molecule is CC[C@H](C)[C@H]1C(=O)Nc2ccccc2CN1C(=O)NCc1ccccc1C(N)=O. The van der Waals surface area contributed by atoms with E-state index in [0.29, 0.717) is 17.7 Å². The first-order valence-corrected chi connectivity index (χ1v) is 9.73. The number of amides is 4. The summed E-state index contributed by atoms with van der Waals surface area (Å²) in [5, 5.41) is 5.80. The van der Waals surface area contributed by atoms with Gasteiger partial charge in [-0.2, -0.15) is 0 Å². The molecule has 152 valence electrons. The molecule has 0 saturated heterocycles. The molecule has 4 N–H and O–H groups in total. The van der Waals surface area contributed by atoms with Crippen LogP contribution >= 0.6 is 0 Å². The Morgan fingerprint density at radius 2 is 1.90 bits per heavy atom. The molecule has 0 aromatic heterocycles. The monoisotopic (exact) mass is 394 g/mol. The zero-order valence-corrected chi connectivity index (χ0v) is 16.6. The van der Waals surface area contributed by atoms with Gasteiger partial charge in [0.1, 0.15) is 6.04 Å². The van der Waals surface area contributed by atoms with E-state index in [1.807, 2.05) is 38.1 Å². The summed E-state index contributed by atoms with van der Waals surface area (Å²) in [5.74, 6) is -0.764. The molecule has 0 fully saturated rings. The second kappa shape index (κ2) is 8.77. The number of hydrogen-bond donors (Lipinski definition) is 3. The van der Waals surface area contributed by atoms with Crippen LogP contribution in [0.4, 0.5) is 10.5 Å². The average molecular weight is 394 g/mol. The van der Waals surface area contributed by atoms with Crippen LogP contribution < -0.4 is 16.4 Å². The molecule has 1 heterocycles. The normalized spacial score (nSPS) is 17.0. The molecule has 2 atom stereocenters. The predicted molar refractivity (Wildman–Crippen MR) is 111 cm³/mol. The minimum absolute atomic E-state index is 0.0204. The number of primary amides is 1. The molecule has 0 radical (unpaired) electrons. The van der Waals surface area contributed by atoms with Crippen LogP contribution in [-0.2, 0) is 17.9 Å². The van der Waals surface area contributed by atoms with Gasteiger partial charge in [-0.15, -0.1) is 0 Å². The van der Waals surface area contributed by atoms with E-state index < -0.39 is 11.9 Å². The molecule has 0 unspecified atom stereocenters. The largest absolute Gasteiger partial charge is 0.366 e. The Morgan fingerprint density at radius 3 is 2.62 bits per heavy atom. The molecular formula is C22H26N4O3. The van der Waals surface area contributed by atoms with Crippen LogP contribution in [-0.4, -0.2) is 28.8 Å². The van der Waals surface area contributed by atoms with Gasteiger partial charge in [-0.3, -0.25) is 9.59 Å². The van der Waals surface area contributed by atoms with Crippen molar-refractivity contribution in [1.29, 1.82) is 0 Å². The van der Waals surface area contributed by atoms with Gasteiger partial charge in [-0.25, -0.2) is 4.79 Å². The Kier molecular flexibility index (Phi) is 6.16. The van der Waals surface area contributed by atoms with Crippen molar-refractivity contribution in [3.63, 3.8) is 0 Å². The molecule has 1 aliphatic rings. The summed E-state index contributed by atoms with van der Waals surface area (Å²) in [6.45, 7) is 4.41. The number of nitrogens with one attached hydrogen (secondary N) is 2. The zero-order valence-electron chi connectivity index (χ0n) is 16.6. The number of anilines is 1. The Bertz CT molecular complexity index is 928. The third-order valence-electron chi connectivity index (χ3n) is 5.38. The lowest BCUT2D eigenvalue weighted by Gasteiger charge is -2.32. The highest BCUT2D eigenvalue weighted by atomic mass is 16.2. The minimum Gasteiger partial charge on any atom is -0.366 e. The molecule has 2 aromatic carbocycles. The van der Waals surface area contributed by atoms with Crippen molar-refractivity contribution in [3.05, 3.63) is 65.2 Å². The Hall–Kier alpha value is -3.35. The summed E-state index contributed by atoms with van der Waals surface area (Å²) < 4.78 is 0. The van der Waals surface area contributed by atoms with Gasteiger partial charge in [0.15, 0.2) is 0 Å². The number of fused-ring (bicyclic) bond motifs is 1. The average Bonchev–Trinajstić information content (AvgIpc) is 2.87. The van der Waals surface area contributed by atoms with Crippen molar-refractivity contribution >= 4 is 23.5 Å². The molecule has 29 heavy (non-hydrogen) atoms. The highest BCUT2D eigenvalue weighted by Crippen LogP contribution is 2.27. The van der Waals surface area contributed by atoms with Crippen molar-refractivity contribution in [3.8, 4) is 0 Å². The van der Waals surface area contributed by atoms with Crippen molar-refractivity contribution in [2.45, 2.75) is 39.4 Å². The molecule has 7 nitrogen and oxygen atoms in total. The summed E-state index contributed by atoms with van der Waals surface area (Å²) >= 11 is 0. The maximum atomic E-state index is 13.1. The van der Waals surface area contributed by atoms with Gasteiger partial charge in [0, 0.05) is 17.8 Å². The van der Waals surface area contributed by atoms with Gasteiger partial charge in [0.2, 0.25) is 11.8 Å². The zero-order chi connectivity index (χ0) is 21.0. The summed E-state index contributed by atoms with van der Waals surface area (Å²) in [6, 6.07) is 13.4. The lowest BCUT2D eigenvalue weighted by atomic mass is 9.97. The molecule has 3 rings (SSSR count). The summed E-state index contributed by atoms with van der Waals surface area (Å²) in [4.78, 5) is 39.2. The predicted octanol–water partition coefficient (Wildman–Crippen LogP) is 2.86. The highest BCUT2D eigenvalue weighted by Gasteiger charge is 2.36. The van der Waals surface area contributed by atoms with Crippen LogP contribution in [0.1, 0.15) is 41.8 Å². The standard InChI is InChI=1S/C22H26N4O3/c1-3-14(2)19-21(28)25-18-11-7-5-9-16(18)13-26(19)22(29)24-12-15-8-4-6-10-17(15)20(23)27/h4-11,14,19H,3,12-13H2,1-2H3,(H2,23,27)(H,24,29)(H,25,28)/t14-,19-/m0/s1. The number of nitrogens with zero attached hydrogens (tertiary/aromatic N) is 1. The topological polar surface area (TPSA) is 105 Å². The fourth-order valence-corrected chi connectivity index (χ4v) is 3.58. The van der Waals surface area contributed by atoms with Crippen molar-refractivity contribution in [1.82, 2.24) is 10.2 Å². The number of nitrogens with two attached hydrogens (primary N) is 1. The number of urea groups is 1. The summed E-state index contributed by atoms with van der Waals surface area (Å²) in [5.41, 5.74) is 8.02. The first-order valence-electron chi connectivity index (χ1n) is 9.73. The number of benzene rings is 2. The maximum absolute atomic E-state index is 13.1. The lowest BCUT2D eigenvalue weighted by Crippen LogP contribution is -2.52. The van der Waals surface area contributed by atoms with E-state index in [1.54, 1.807) is 29.2 Å². The number of carbonyl (C=O) groups excluding carboxylic acids is 3. The molecule has 7 heteroatoms. The second-order valence-electron chi connectivity index (χ2n) is 7.28. The first-order chi connectivity index (χ1) is 13.9. The fourth-order valence-electron chi connectivity index (χ4n) is 3.58. The van der Waals surface area contributed by atoms with Gasteiger partial charge in [0.05, 0.1) is 6.54 Å². The molecular weight excluding hydrogens is 368 g/mol. The van der Waals surface area contributed by atoms with E-state index in [9.17, 15) is 14.4 Å². The van der Waals surface area contributed by atoms with Crippen molar-refractivity contribution in [2.24, 2.45) is 11.7 Å². The van der Waals surface area contributed by atoms with Crippen LogP contribution in [0, 0.1) is 5.92 Å². The van der Waals surface area contributed by atoms with Crippen molar-refractivity contribution in [2.75, 3.05) is 5.32 Å². The molecule has 0 bridgehead atoms. The minimum atomic E-state index is -0.598. The molecule has 4 amide bonds. The fraction of sp³-hybridized carbons (Fsp3) is 0.318. The number of rotatable bonds is 5. The first kappa shape index (κ1) is 20.4. The van der Waals surface area contributed by atoms with Crippen LogP contribution in [0.5, 0.6) is 0 Å². The third-order valence-corrected chi connectivity index (χ3v) is 5.38. The second-order valence-corrected chi connectivity index (χ2v) is 7.28. The molecule has 2 aromatic rings. The number of para-hydroxylation sites is 1. The maximum Gasteiger partial charge on any atom is 0.318 e. The number of carbonyl (C=O) groups is 3. The Balaban J connectivity index is 1.86. The molecule has 0 saturated carbocycles. The van der Waals surface area contributed by atoms with Crippen LogP contribution in [0.2, 0.25) is 0 Å². The van der Waals surface area contributed by atoms with Gasteiger partial charge in [-0.1, -0.05) is 56.7 Å². The molecule has 0 aliphatic carbocycles. The third kappa shape index (κ3) is 4.39. The quantitative estimate of drug-likeness (QED) is 0.726. The van der Waals surface area contributed by atoms with E-state index in [2.05, 4.69) is 10.6 Å². The molecule has 0 spiro atoms. The molecule has 1 aliphatic heterocycles. The van der Waals surface area contributed by atoms with Crippen molar-refractivity contribution < 1.29 is 14.4 Å². The van der Waals surface area contributed by atoms with Gasteiger partial charge < -0.3 is 21.3 Å². The van der Waals surface area contributed by atoms with Gasteiger partial charge in [0.25, 0.3) is 0 Å². The van der Waals surface area contributed by atoms with Gasteiger partial charge in [-0.05, 0) is 29.2 Å².